The largest absolute Gasteiger partial charge is 0.459 e. The van der Waals surface area contributed by atoms with Gasteiger partial charge in [0.1, 0.15) is 5.03 Å². The summed E-state index contributed by atoms with van der Waals surface area (Å²) in [6.45, 7) is 5.63. The maximum atomic E-state index is 11.4. The molecular formula is C11H12N4O3S. The lowest BCUT2D eigenvalue weighted by molar-refractivity contribution is 0.0475. The summed E-state index contributed by atoms with van der Waals surface area (Å²) in [5.74, 6) is -0.795. The van der Waals surface area contributed by atoms with Crippen molar-refractivity contribution in [1.29, 1.82) is 0 Å². The average molecular weight is 280 g/mol. The second-order valence-electron chi connectivity index (χ2n) is 3.60. The molecule has 0 aliphatic carbocycles. The van der Waals surface area contributed by atoms with Crippen LogP contribution < -0.4 is 0 Å². The number of carbonyl (C=O) groups is 1. The molecule has 2 rings (SSSR count). The molecule has 0 saturated heterocycles. The standard InChI is InChI=1S/C11H12N4O3S/c1-4-17-10(16)8-14-15-11(18-8)19-9-7(3)12-5-6(2)13-9/h5H,4H2,1-3H3. The monoisotopic (exact) mass is 280 g/mol. The number of aryl methyl sites for hydroxylation is 2. The zero-order valence-corrected chi connectivity index (χ0v) is 11.5. The van der Waals surface area contributed by atoms with Crippen LogP contribution in [0.5, 0.6) is 0 Å². The molecule has 8 heteroatoms. The third-order valence-electron chi connectivity index (χ3n) is 2.07. The molecule has 2 aromatic heterocycles. The first kappa shape index (κ1) is 13.5. The Morgan fingerprint density at radius 2 is 2.21 bits per heavy atom. The van der Waals surface area contributed by atoms with Crippen LogP contribution in [0.25, 0.3) is 0 Å². The predicted octanol–water partition coefficient (Wildman–Crippen LogP) is 1.80. The maximum absolute atomic E-state index is 11.4. The minimum Gasteiger partial charge on any atom is -0.459 e. The quantitative estimate of drug-likeness (QED) is 0.783. The Hall–Kier alpha value is -1.96. The van der Waals surface area contributed by atoms with Gasteiger partial charge in [0, 0.05) is 6.20 Å². The summed E-state index contributed by atoms with van der Waals surface area (Å²) in [6.07, 6.45) is 1.68. The summed E-state index contributed by atoms with van der Waals surface area (Å²) >= 11 is 1.16. The average Bonchev–Trinajstić information content (AvgIpc) is 2.83. The highest BCUT2D eigenvalue weighted by Crippen LogP contribution is 2.26. The van der Waals surface area contributed by atoms with Crippen LogP contribution in [0, 0.1) is 13.8 Å². The molecule has 0 fully saturated rings. The second kappa shape index (κ2) is 5.79. The predicted molar refractivity (Wildman–Crippen MR) is 65.9 cm³/mol. The number of esters is 1. The van der Waals surface area contributed by atoms with Crippen LogP contribution in [0.1, 0.15) is 29.0 Å². The number of ether oxygens (including phenoxy) is 1. The van der Waals surface area contributed by atoms with E-state index in [1.54, 1.807) is 13.1 Å². The summed E-state index contributed by atoms with van der Waals surface area (Å²) in [4.78, 5) is 19.9. The van der Waals surface area contributed by atoms with Gasteiger partial charge in [-0.15, -0.1) is 5.10 Å². The Morgan fingerprint density at radius 1 is 1.42 bits per heavy atom. The van der Waals surface area contributed by atoms with Gasteiger partial charge in [-0.1, -0.05) is 5.10 Å². The van der Waals surface area contributed by atoms with E-state index in [-0.39, 0.29) is 17.7 Å². The van der Waals surface area contributed by atoms with Crippen molar-refractivity contribution in [1.82, 2.24) is 20.2 Å². The maximum Gasteiger partial charge on any atom is 0.396 e. The van der Waals surface area contributed by atoms with Crippen molar-refractivity contribution in [3.8, 4) is 0 Å². The molecule has 0 bridgehead atoms. The molecule has 0 saturated carbocycles. The molecule has 0 spiro atoms. The van der Waals surface area contributed by atoms with E-state index in [2.05, 4.69) is 20.2 Å². The normalized spacial score (nSPS) is 10.5. The van der Waals surface area contributed by atoms with E-state index in [9.17, 15) is 4.79 Å². The van der Waals surface area contributed by atoms with E-state index in [0.717, 1.165) is 23.1 Å². The smallest absolute Gasteiger partial charge is 0.396 e. The van der Waals surface area contributed by atoms with Crippen LogP contribution in [0.2, 0.25) is 0 Å². The Labute approximate surface area is 113 Å². The third-order valence-corrected chi connectivity index (χ3v) is 2.99. The molecular weight excluding hydrogens is 268 g/mol. The van der Waals surface area contributed by atoms with E-state index >= 15 is 0 Å². The van der Waals surface area contributed by atoms with Gasteiger partial charge in [0.05, 0.1) is 18.0 Å². The molecule has 0 radical (unpaired) electrons. The summed E-state index contributed by atoms with van der Waals surface area (Å²) in [5.41, 5.74) is 1.55. The highest BCUT2D eigenvalue weighted by atomic mass is 32.2. The summed E-state index contributed by atoms with van der Waals surface area (Å²) in [5, 5.41) is 8.28. The number of nitrogens with zero attached hydrogens (tertiary/aromatic N) is 4. The van der Waals surface area contributed by atoms with E-state index in [0.29, 0.717) is 5.03 Å². The Balaban J connectivity index is 2.15. The summed E-state index contributed by atoms with van der Waals surface area (Å²) < 4.78 is 9.96. The van der Waals surface area contributed by atoms with Crippen molar-refractivity contribution >= 4 is 17.7 Å². The number of rotatable bonds is 4. The first-order chi connectivity index (χ1) is 9.10. The van der Waals surface area contributed by atoms with Gasteiger partial charge in [-0.25, -0.2) is 9.78 Å². The lowest BCUT2D eigenvalue weighted by Crippen LogP contribution is -2.04. The van der Waals surface area contributed by atoms with E-state index in [1.165, 1.54) is 0 Å². The van der Waals surface area contributed by atoms with Gasteiger partial charge in [0.15, 0.2) is 0 Å². The van der Waals surface area contributed by atoms with Crippen LogP contribution in [0.15, 0.2) is 20.9 Å². The molecule has 7 nitrogen and oxygen atoms in total. The SMILES string of the molecule is CCOC(=O)c1nnc(Sc2nc(C)cnc2C)o1. The molecule has 0 amide bonds. The number of hydrogen-bond donors (Lipinski definition) is 0. The third kappa shape index (κ3) is 3.28. The fraction of sp³-hybridized carbons (Fsp3) is 0.364. The van der Waals surface area contributed by atoms with Gasteiger partial charge in [-0.3, -0.25) is 4.98 Å². The van der Waals surface area contributed by atoms with Gasteiger partial charge in [-0.2, -0.15) is 0 Å². The fourth-order valence-electron chi connectivity index (χ4n) is 1.22. The molecule has 19 heavy (non-hydrogen) atoms. The van der Waals surface area contributed by atoms with Gasteiger partial charge in [0.2, 0.25) is 0 Å². The molecule has 0 unspecified atom stereocenters. The summed E-state index contributed by atoms with van der Waals surface area (Å²) in [7, 11) is 0. The van der Waals surface area contributed by atoms with E-state index in [4.69, 9.17) is 9.15 Å². The molecule has 0 atom stereocenters. The van der Waals surface area contributed by atoms with Crippen LogP contribution in [0.4, 0.5) is 0 Å². The molecule has 0 aliphatic heterocycles. The van der Waals surface area contributed by atoms with Gasteiger partial charge in [-0.05, 0) is 32.5 Å². The van der Waals surface area contributed by atoms with Gasteiger partial charge >= 0.3 is 11.9 Å². The Morgan fingerprint density at radius 3 is 2.95 bits per heavy atom. The highest BCUT2D eigenvalue weighted by molar-refractivity contribution is 7.99. The topological polar surface area (TPSA) is 91.0 Å². The van der Waals surface area contributed by atoms with Gasteiger partial charge < -0.3 is 9.15 Å². The lowest BCUT2D eigenvalue weighted by atomic mass is 10.4. The first-order valence-electron chi connectivity index (χ1n) is 5.59. The zero-order valence-electron chi connectivity index (χ0n) is 10.7. The van der Waals surface area contributed by atoms with Crippen molar-refractivity contribution < 1.29 is 13.9 Å². The second-order valence-corrected chi connectivity index (χ2v) is 4.54. The van der Waals surface area contributed by atoms with Crippen molar-refractivity contribution in [3.63, 3.8) is 0 Å². The first-order valence-corrected chi connectivity index (χ1v) is 6.40. The van der Waals surface area contributed by atoms with Crippen LogP contribution >= 0.6 is 11.8 Å². The summed E-state index contributed by atoms with van der Waals surface area (Å²) in [6, 6.07) is 0. The Bertz CT molecular complexity index is 599. The van der Waals surface area contributed by atoms with Crippen LogP contribution in [0.3, 0.4) is 0 Å². The molecule has 0 aromatic carbocycles. The molecule has 2 aromatic rings. The highest BCUT2D eigenvalue weighted by Gasteiger charge is 2.17. The lowest BCUT2D eigenvalue weighted by Gasteiger charge is -2.00. The number of aromatic nitrogens is 4. The van der Waals surface area contributed by atoms with Crippen molar-refractivity contribution in [2.24, 2.45) is 0 Å². The molecule has 100 valence electrons. The number of hydrogen-bond acceptors (Lipinski definition) is 8. The van der Waals surface area contributed by atoms with Crippen molar-refractivity contribution in [2.75, 3.05) is 6.61 Å². The van der Waals surface area contributed by atoms with Crippen molar-refractivity contribution in [3.05, 3.63) is 23.5 Å². The minimum absolute atomic E-state index is 0.164. The fourth-order valence-corrected chi connectivity index (χ4v) is 1.98. The van der Waals surface area contributed by atoms with Crippen LogP contribution in [-0.2, 0) is 4.74 Å². The minimum atomic E-state index is -0.631. The van der Waals surface area contributed by atoms with Crippen LogP contribution in [-0.4, -0.2) is 32.7 Å². The number of carbonyl (C=O) groups excluding carboxylic acids is 1. The van der Waals surface area contributed by atoms with E-state index in [1.807, 2.05) is 13.8 Å². The van der Waals surface area contributed by atoms with Gasteiger partial charge in [0.25, 0.3) is 5.22 Å². The molecule has 2 heterocycles. The molecule has 0 aliphatic rings. The Kier molecular flexibility index (Phi) is 4.10. The van der Waals surface area contributed by atoms with E-state index < -0.39 is 5.97 Å². The zero-order chi connectivity index (χ0) is 13.8. The van der Waals surface area contributed by atoms with Crippen molar-refractivity contribution in [2.45, 2.75) is 31.0 Å². The molecule has 0 N–H and O–H groups in total.